The molecule has 1 saturated carbocycles. The van der Waals surface area contributed by atoms with Crippen molar-refractivity contribution in [1.29, 1.82) is 0 Å². The predicted octanol–water partition coefficient (Wildman–Crippen LogP) is 7.07. The third-order valence-electron chi connectivity index (χ3n) is 9.34. The van der Waals surface area contributed by atoms with Gasteiger partial charge in [0, 0.05) is 28.5 Å². The van der Waals surface area contributed by atoms with Gasteiger partial charge in [-0.1, -0.05) is 62.7 Å². The molecular weight excluding hydrogens is 709 g/mol. The molecule has 0 bridgehead atoms. The Morgan fingerprint density at radius 2 is 1.75 bits per heavy atom. The highest BCUT2D eigenvalue weighted by atomic mass is 35.5. The molecular formula is C36H35ClF5N7O3. The molecule has 3 heterocycles. The van der Waals surface area contributed by atoms with Crippen LogP contribution in [0.15, 0.2) is 75.9 Å². The second-order valence-corrected chi connectivity index (χ2v) is 14.8. The second kappa shape index (κ2) is 13.6. The molecule has 0 saturated heterocycles. The molecule has 274 valence electrons. The third kappa shape index (κ3) is 7.14. The Kier molecular flexibility index (Phi) is 9.70. The molecule has 52 heavy (non-hydrogen) atoms. The summed E-state index contributed by atoms with van der Waals surface area (Å²) in [6, 6.07) is 10.0. The molecule has 1 amide bonds. The number of benzene rings is 2. The number of nitrogens with zero attached hydrogens (tertiary/aromatic N) is 6. The largest absolute Gasteiger partial charge is 0.463 e. The Labute approximate surface area is 301 Å². The van der Waals surface area contributed by atoms with Gasteiger partial charge in [0.1, 0.15) is 12.9 Å². The van der Waals surface area contributed by atoms with Crippen molar-refractivity contribution in [3.05, 3.63) is 82.6 Å². The van der Waals surface area contributed by atoms with Gasteiger partial charge in [-0.15, -0.1) is 0 Å². The van der Waals surface area contributed by atoms with Gasteiger partial charge in [-0.25, -0.2) is 28.7 Å². The molecule has 3 aliphatic rings. The highest BCUT2D eigenvalue weighted by Gasteiger charge is 2.64. The summed E-state index contributed by atoms with van der Waals surface area (Å²) >= 11 is 6.46. The van der Waals surface area contributed by atoms with E-state index >= 15 is 0 Å². The first-order valence-corrected chi connectivity index (χ1v) is 16.8. The molecule has 2 aliphatic heterocycles. The molecule has 1 unspecified atom stereocenters. The number of aliphatic imine (C=N–C) groups is 3. The van der Waals surface area contributed by atoms with Crippen LogP contribution in [0.5, 0.6) is 0 Å². The number of guanidine groups is 1. The number of carbonyl (C=O) groups excluding carboxylic acids is 2. The van der Waals surface area contributed by atoms with Crippen molar-refractivity contribution in [2.75, 3.05) is 6.61 Å². The number of aromatic nitrogens is 2. The van der Waals surface area contributed by atoms with E-state index in [2.05, 4.69) is 20.0 Å². The number of alkyl halides is 5. The monoisotopic (exact) mass is 743 g/mol. The van der Waals surface area contributed by atoms with Crippen molar-refractivity contribution in [3.8, 4) is 11.4 Å². The topological polar surface area (TPSA) is 135 Å². The lowest BCUT2D eigenvalue weighted by Crippen LogP contribution is -2.47. The molecule has 2 aromatic carbocycles. The number of hydrogen-bond donors (Lipinski definition) is 1. The first kappa shape index (κ1) is 37.0. The fourth-order valence-corrected chi connectivity index (χ4v) is 6.84. The Balaban J connectivity index is 1.40. The molecule has 0 spiro atoms. The van der Waals surface area contributed by atoms with E-state index in [4.69, 9.17) is 27.1 Å². The summed E-state index contributed by atoms with van der Waals surface area (Å²) in [7, 11) is 0. The maximum Gasteiger partial charge on any atom is 0.395 e. The molecule has 3 aromatic rings. The number of nitrogens with two attached hydrogens (primary N) is 1. The third-order valence-corrected chi connectivity index (χ3v) is 9.67. The zero-order valence-electron chi connectivity index (χ0n) is 28.4. The zero-order chi connectivity index (χ0) is 37.6. The van der Waals surface area contributed by atoms with E-state index in [1.165, 1.54) is 18.2 Å². The van der Waals surface area contributed by atoms with E-state index in [1.54, 1.807) is 42.7 Å². The average molecular weight is 744 g/mol. The number of halogens is 6. The standard InChI is InChI=1S/C36H35ClF5N7O3/c1-33(2,3)18-35(22-8-5-20(6-9-22)30-44-13-4-14-45-30)31(51)49(32(43)48-35)25(17-52-26(50)16-34(11-12-34)36(40,41)42)21-7-10-24(37)23(15-21)27-28(29(38)39)47-19-46-27/h4-10,13-15,19,25,28-29H,11-12,16-18H2,1-3H3,(H2,43,48)/t25-,28?,35-/m1/s1. The number of amides is 1. The average Bonchev–Trinajstić information content (AvgIpc) is 3.63. The van der Waals surface area contributed by atoms with E-state index < -0.39 is 66.0 Å². The van der Waals surface area contributed by atoms with Crippen molar-refractivity contribution >= 4 is 41.5 Å². The summed E-state index contributed by atoms with van der Waals surface area (Å²) < 4.78 is 74.3. The highest BCUT2D eigenvalue weighted by molar-refractivity contribution is 6.35. The number of esters is 1. The van der Waals surface area contributed by atoms with Crippen LogP contribution in [0.25, 0.3) is 11.4 Å². The van der Waals surface area contributed by atoms with Gasteiger partial charge in [0.2, 0.25) is 0 Å². The lowest BCUT2D eigenvalue weighted by molar-refractivity contribution is -0.195. The van der Waals surface area contributed by atoms with Crippen molar-refractivity contribution in [1.82, 2.24) is 14.9 Å². The summed E-state index contributed by atoms with van der Waals surface area (Å²) in [5.74, 6) is -1.50. The van der Waals surface area contributed by atoms with Gasteiger partial charge in [-0.05, 0) is 54.0 Å². The molecule has 1 aliphatic carbocycles. The lowest BCUT2D eigenvalue weighted by atomic mass is 9.75. The maximum absolute atomic E-state index is 14.9. The Morgan fingerprint density at radius 1 is 1.08 bits per heavy atom. The van der Waals surface area contributed by atoms with Gasteiger partial charge in [0.05, 0.1) is 23.6 Å². The van der Waals surface area contributed by atoms with Crippen LogP contribution in [-0.4, -0.2) is 70.0 Å². The first-order valence-electron chi connectivity index (χ1n) is 16.4. The van der Waals surface area contributed by atoms with Gasteiger partial charge < -0.3 is 10.5 Å². The quantitative estimate of drug-likeness (QED) is 0.165. The molecule has 1 fully saturated rings. The number of rotatable bonds is 11. The Bertz CT molecular complexity index is 1940. The lowest BCUT2D eigenvalue weighted by Gasteiger charge is -2.35. The smallest absolute Gasteiger partial charge is 0.395 e. The minimum atomic E-state index is -4.60. The molecule has 2 N–H and O–H groups in total. The van der Waals surface area contributed by atoms with Gasteiger partial charge in [0.15, 0.2) is 23.4 Å². The van der Waals surface area contributed by atoms with Crippen LogP contribution in [0, 0.1) is 10.8 Å². The van der Waals surface area contributed by atoms with Crippen LogP contribution in [-0.2, 0) is 19.9 Å². The molecule has 0 radical (unpaired) electrons. The van der Waals surface area contributed by atoms with Crippen LogP contribution >= 0.6 is 11.6 Å². The first-order chi connectivity index (χ1) is 24.4. The number of ether oxygens (including phenoxy) is 1. The minimum absolute atomic E-state index is 0.0502. The van der Waals surface area contributed by atoms with Crippen molar-refractivity contribution < 1.29 is 36.3 Å². The van der Waals surface area contributed by atoms with Crippen LogP contribution in [0.4, 0.5) is 22.0 Å². The van der Waals surface area contributed by atoms with Crippen molar-refractivity contribution in [3.63, 3.8) is 0 Å². The summed E-state index contributed by atoms with van der Waals surface area (Å²) in [5.41, 5.74) is 3.68. The normalized spacial score (nSPS) is 21.7. The Hall–Kier alpha value is -4.79. The Morgan fingerprint density at radius 3 is 2.35 bits per heavy atom. The summed E-state index contributed by atoms with van der Waals surface area (Å²) in [6.45, 7) is 5.13. The zero-order valence-corrected chi connectivity index (χ0v) is 29.1. The van der Waals surface area contributed by atoms with Crippen LogP contribution in [0.1, 0.15) is 69.2 Å². The highest BCUT2D eigenvalue weighted by Crippen LogP contribution is 2.60. The van der Waals surface area contributed by atoms with E-state index in [-0.39, 0.29) is 47.1 Å². The van der Waals surface area contributed by atoms with E-state index in [1.807, 2.05) is 20.8 Å². The van der Waals surface area contributed by atoms with Gasteiger partial charge in [-0.3, -0.25) is 19.5 Å². The minimum Gasteiger partial charge on any atom is -0.463 e. The van der Waals surface area contributed by atoms with Gasteiger partial charge in [-0.2, -0.15) is 13.2 Å². The summed E-state index contributed by atoms with van der Waals surface area (Å²) in [5, 5.41) is 0.0502. The van der Waals surface area contributed by atoms with Crippen LogP contribution < -0.4 is 5.73 Å². The summed E-state index contributed by atoms with van der Waals surface area (Å²) in [6.07, 6.45) is -4.45. The van der Waals surface area contributed by atoms with Gasteiger partial charge >= 0.3 is 12.1 Å². The number of hydrogen-bond acceptors (Lipinski definition) is 9. The molecule has 6 rings (SSSR count). The fraction of sp³-hybridized carbons (Fsp3) is 0.417. The molecule has 10 nitrogen and oxygen atoms in total. The van der Waals surface area contributed by atoms with Crippen molar-refractivity contribution in [2.45, 2.75) is 76.7 Å². The maximum atomic E-state index is 14.9. The molecule has 1 aromatic heterocycles. The van der Waals surface area contributed by atoms with Crippen LogP contribution in [0.3, 0.4) is 0 Å². The summed E-state index contributed by atoms with van der Waals surface area (Å²) in [4.78, 5) is 50.0. The SMILES string of the molecule is CC(C)(C)C[C@]1(c2ccc(-c3ncccn3)cc2)N=C(N)N([C@H](COC(=O)CC2(C(F)(F)F)CC2)c2ccc(Cl)c(C3=NC=NC3C(F)F)c2)C1=O. The molecule has 3 atom stereocenters. The second-order valence-electron chi connectivity index (χ2n) is 14.3. The van der Waals surface area contributed by atoms with E-state index in [0.717, 1.165) is 11.2 Å². The van der Waals surface area contributed by atoms with E-state index in [9.17, 15) is 31.5 Å². The number of carbonyl (C=O) groups is 2. The van der Waals surface area contributed by atoms with Crippen LogP contribution in [0.2, 0.25) is 5.02 Å². The van der Waals surface area contributed by atoms with Gasteiger partial charge in [0.25, 0.3) is 12.3 Å². The van der Waals surface area contributed by atoms with Crippen molar-refractivity contribution in [2.24, 2.45) is 31.5 Å². The fourth-order valence-electron chi connectivity index (χ4n) is 6.62. The van der Waals surface area contributed by atoms with E-state index in [0.29, 0.717) is 17.0 Å². The molecule has 16 heteroatoms. The predicted molar refractivity (Wildman–Crippen MR) is 184 cm³/mol.